The highest BCUT2D eigenvalue weighted by Crippen LogP contribution is 2.26. The molecule has 0 radical (unpaired) electrons. The van der Waals surface area contributed by atoms with Gasteiger partial charge in [0.15, 0.2) is 11.5 Å². The minimum atomic E-state index is -0.252. The fourth-order valence-corrected chi connectivity index (χ4v) is 4.33. The van der Waals surface area contributed by atoms with E-state index in [2.05, 4.69) is 10.5 Å². The molecule has 2 aliphatic rings. The minimum absolute atomic E-state index is 0.0192. The second-order valence-electron chi connectivity index (χ2n) is 8.97. The van der Waals surface area contributed by atoms with Crippen molar-refractivity contribution in [3.05, 3.63) is 41.1 Å². The summed E-state index contributed by atoms with van der Waals surface area (Å²) in [5.74, 6) is 0.218. The van der Waals surface area contributed by atoms with Crippen molar-refractivity contribution in [2.24, 2.45) is 0 Å². The zero-order valence-electron chi connectivity index (χ0n) is 19.5. The van der Waals surface area contributed by atoms with E-state index in [1.54, 1.807) is 11.0 Å². The van der Waals surface area contributed by atoms with Crippen LogP contribution in [-0.2, 0) is 14.3 Å². The van der Waals surface area contributed by atoms with Gasteiger partial charge in [-0.1, -0.05) is 22.9 Å². The molecule has 0 spiro atoms. The van der Waals surface area contributed by atoms with Gasteiger partial charge >= 0.3 is 0 Å². The largest absolute Gasteiger partial charge is 0.376 e. The van der Waals surface area contributed by atoms with Gasteiger partial charge in [-0.3, -0.25) is 9.59 Å². The van der Waals surface area contributed by atoms with Gasteiger partial charge in [-0.2, -0.15) is 0 Å². The molecule has 8 heteroatoms. The highest BCUT2D eigenvalue weighted by atomic mass is 16.5. The maximum absolute atomic E-state index is 13.3. The quantitative estimate of drug-likeness (QED) is 0.624. The topological polar surface area (TPSA) is 93.9 Å². The van der Waals surface area contributed by atoms with Crippen LogP contribution in [0.25, 0.3) is 11.3 Å². The van der Waals surface area contributed by atoms with E-state index in [0.717, 1.165) is 49.0 Å². The van der Waals surface area contributed by atoms with Crippen molar-refractivity contribution >= 4 is 11.8 Å². The number of nitrogens with zero attached hydrogens (tertiary/aromatic N) is 2. The number of aromatic nitrogens is 1. The van der Waals surface area contributed by atoms with Gasteiger partial charge in [-0.05, 0) is 51.2 Å². The smallest absolute Gasteiger partial charge is 0.276 e. The van der Waals surface area contributed by atoms with E-state index >= 15 is 0 Å². The molecule has 178 valence electrons. The van der Waals surface area contributed by atoms with Crippen molar-refractivity contribution in [3.8, 4) is 11.3 Å². The van der Waals surface area contributed by atoms with Crippen LogP contribution in [0.5, 0.6) is 0 Å². The van der Waals surface area contributed by atoms with Gasteiger partial charge in [-0.25, -0.2) is 0 Å². The van der Waals surface area contributed by atoms with Gasteiger partial charge in [0, 0.05) is 50.9 Å². The molecule has 1 aromatic heterocycles. The molecule has 0 bridgehead atoms. The average Bonchev–Trinajstić information content (AvgIpc) is 3.59. The number of aryl methyl sites for hydroxylation is 2. The van der Waals surface area contributed by atoms with Crippen molar-refractivity contribution in [2.75, 3.05) is 32.8 Å². The van der Waals surface area contributed by atoms with Gasteiger partial charge < -0.3 is 24.2 Å². The van der Waals surface area contributed by atoms with Gasteiger partial charge in [-0.15, -0.1) is 0 Å². The van der Waals surface area contributed by atoms with Crippen LogP contribution in [0.3, 0.4) is 0 Å². The third kappa shape index (κ3) is 6.21. The van der Waals surface area contributed by atoms with Gasteiger partial charge in [0.1, 0.15) is 0 Å². The Morgan fingerprint density at radius 1 is 1.09 bits per heavy atom. The van der Waals surface area contributed by atoms with Crippen molar-refractivity contribution in [2.45, 2.75) is 58.2 Å². The lowest BCUT2D eigenvalue weighted by atomic mass is 10.0. The molecule has 33 heavy (non-hydrogen) atoms. The predicted octanol–water partition coefficient (Wildman–Crippen LogP) is 3.26. The van der Waals surface area contributed by atoms with Crippen molar-refractivity contribution < 1.29 is 23.6 Å². The summed E-state index contributed by atoms with van der Waals surface area (Å²) in [6, 6.07) is 7.76. The lowest BCUT2D eigenvalue weighted by Gasteiger charge is -2.24. The van der Waals surface area contributed by atoms with Gasteiger partial charge in [0.2, 0.25) is 5.91 Å². The Balaban J connectivity index is 1.41. The van der Waals surface area contributed by atoms with Crippen molar-refractivity contribution in [1.29, 1.82) is 0 Å². The molecule has 0 saturated carbocycles. The second-order valence-corrected chi connectivity index (χ2v) is 8.97. The molecule has 8 nitrogen and oxygen atoms in total. The molecule has 2 saturated heterocycles. The molecule has 2 aliphatic heterocycles. The number of amides is 2. The third-order valence-corrected chi connectivity index (χ3v) is 6.28. The zero-order valence-corrected chi connectivity index (χ0v) is 19.5. The number of carbonyl (C=O) groups is 2. The second kappa shape index (κ2) is 10.9. The Labute approximate surface area is 194 Å². The highest BCUT2D eigenvalue weighted by molar-refractivity contribution is 5.93. The molecule has 2 atom stereocenters. The normalized spacial score (nSPS) is 20.2. The van der Waals surface area contributed by atoms with E-state index in [4.69, 9.17) is 14.0 Å². The van der Waals surface area contributed by atoms with Crippen molar-refractivity contribution in [1.82, 2.24) is 15.4 Å². The molecule has 0 unspecified atom stereocenters. The minimum Gasteiger partial charge on any atom is -0.376 e. The monoisotopic (exact) mass is 455 g/mol. The SMILES string of the molecule is Cc1ccc(C)c(-c2cc(C(=O)N(CCC(=O)NC[C@@H]3CCCO3)C[C@@H]3CCCO3)no2)c1. The van der Waals surface area contributed by atoms with E-state index in [0.29, 0.717) is 32.0 Å². The molecule has 2 aromatic rings. The summed E-state index contributed by atoms with van der Waals surface area (Å²) < 4.78 is 16.8. The first-order valence-electron chi connectivity index (χ1n) is 11.8. The Morgan fingerprint density at radius 3 is 2.58 bits per heavy atom. The summed E-state index contributed by atoms with van der Waals surface area (Å²) in [4.78, 5) is 27.4. The van der Waals surface area contributed by atoms with E-state index < -0.39 is 0 Å². The van der Waals surface area contributed by atoms with Gasteiger partial charge in [0.25, 0.3) is 5.91 Å². The first-order valence-corrected chi connectivity index (χ1v) is 11.8. The summed E-state index contributed by atoms with van der Waals surface area (Å²) in [5, 5.41) is 6.97. The standard InChI is InChI=1S/C25H33N3O5/c1-17-7-8-18(2)21(13-17)23-14-22(27-33-23)25(30)28(16-20-6-4-12-32-20)10-9-24(29)26-15-19-5-3-11-31-19/h7-8,13-14,19-20H,3-6,9-12,15-16H2,1-2H3,(H,26,29)/t19-,20-/m0/s1. The number of hydrogen-bond acceptors (Lipinski definition) is 6. The zero-order chi connectivity index (χ0) is 23.2. The van der Waals surface area contributed by atoms with E-state index in [9.17, 15) is 9.59 Å². The summed E-state index contributed by atoms with van der Waals surface area (Å²) >= 11 is 0. The first-order chi connectivity index (χ1) is 16.0. The van der Waals surface area contributed by atoms with Crippen LogP contribution in [0.15, 0.2) is 28.8 Å². The number of rotatable bonds is 9. The molecule has 2 amide bonds. The molecule has 2 fully saturated rings. The van der Waals surface area contributed by atoms with Crippen LogP contribution in [0.4, 0.5) is 0 Å². The number of ether oxygens (including phenoxy) is 2. The first kappa shape index (κ1) is 23.4. The van der Waals surface area contributed by atoms with Crippen LogP contribution in [-0.4, -0.2) is 66.9 Å². The van der Waals surface area contributed by atoms with E-state index in [1.807, 2.05) is 32.0 Å². The van der Waals surface area contributed by atoms with Crippen LogP contribution < -0.4 is 5.32 Å². The fraction of sp³-hybridized carbons (Fsp3) is 0.560. The van der Waals surface area contributed by atoms with Gasteiger partial charge in [0.05, 0.1) is 12.2 Å². The summed E-state index contributed by atoms with van der Waals surface area (Å²) in [6.45, 7) is 6.71. The summed E-state index contributed by atoms with van der Waals surface area (Å²) in [5.41, 5.74) is 3.31. The summed E-state index contributed by atoms with van der Waals surface area (Å²) in [6.07, 6.45) is 4.18. The number of hydrogen-bond donors (Lipinski definition) is 1. The Morgan fingerprint density at radius 2 is 1.85 bits per heavy atom. The van der Waals surface area contributed by atoms with Crippen LogP contribution in [0, 0.1) is 13.8 Å². The maximum Gasteiger partial charge on any atom is 0.276 e. The van der Waals surface area contributed by atoms with Crippen molar-refractivity contribution in [3.63, 3.8) is 0 Å². The molecule has 1 N–H and O–H groups in total. The lowest BCUT2D eigenvalue weighted by Crippen LogP contribution is -2.40. The maximum atomic E-state index is 13.3. The Bertz CT molecular complexity index is 961. The molecule has 3 heterocycles. The third-order valence-electron chi connectivity index (χ3n) is 6.28. The predicted molar refractivity (Wildman–Crippen MR) is 123 cm³/mol. The van der Waals surface area contributed by atoms with Crippen LogP contribution in [0.1, 0.15) is 53.7 Å². The summed E-state index contributed by atoms with van der Waals surface area (Å²) in [7, 11) is 0. The molecule has 1 aromatic carbocycles. The van der Waals surface area contributed by atoms with E-state index in [-0.39, 0.29) is 36.1 Å². The highest BCUT2D eigenvalue weighted by Gasteiger charge is 2.26. The number of nitrogens with one attached hydrogen (secondary N) is 1. The van der Waals surface area contributed by atoms with Crippen LogP contribution in [0.2, 0.25) is 0 Å². The number of carbonyl (C=O) groups excluding carboxylic acids is 2. The Hall–Kier alpha value is -2.71. The lowest BCUT2D eigenvalue weighted by molar-refractivity contribution is -0.121. The Kier molecular flexibility index (Phi) is 7.77. The van der Waals surface area contributed by atoms with Crippen LogP contribution >= 0.6 is 0 Å². The fourth-order valence-electron chi connectivity index (χ4n) is 4.33. The van der Waals surface area contributed by atoms with E-state index in [1.165, 1.54) is 0 Å². The molecular weight excluding hydrogens is 422 g/mol. The molecule has 4 rings (SSSR count). The average molecular weight is 456 g/mol. The molecular formula is C25H33N3O5. The molecule has 0 aliphatic carbocycles. The number of benzene rings is 1.